The van der Waals surface area contributed by atoms with E-state index in [1.807, 2.05) is 0 Å². The molecule has 7 nitrogen and oxygen atoms in total. The van der Waals surface area contributed by atoms with Crippen LogP contribution in [0, 0.1) is 10.1 Å². The summed E-state index contributed by atoms with van der Waals surface area (Å²) in [7, 11) is 0. The smallest absolute Gasteiger partial charge is 0.285 e. The van der Waals surface area contributed by atoms with Crippen LogP contribution in [0.2, 0.25) is 0 Å². The lowest BCUT2D eigenvalue weighted by Crippen LogP contribution is -2.30. The summed E-state index contributed by atoms with van der Waals surface area (Å²) in [5, 5.41) is 19.6. The number of pyridine rings is 1. The molecule has 1 unspecified atom stereocenters. The number of nitro groups is 1. The number of aromatic nitrogens is 1. The van der Waals surface area contributed by atoms with E-state index in [0.717, 1.165) is 22.9 Å². The van der Waals surface area contributed by atoms with E-state index in [4.69, 9.17) is 5.73 Å². The fourth-order valence-corrected chi connectivity index (χ4v) is 1.07. The van der Waals surface area contributed by atoms with Gasteiger partial charge in [-0.15, -0.1) is 0 Å². The molecule has 0 aliphatic carbocycles. The third-order valence-corrected chi connectivity index (χ3v) is 1.86. The largest absolute Gasteiger partial charge is 0.390 e. The molecule has 0 aromatic carbocycles. The van der Waals surface area contributed by atoms with Gasteiger partial charge < -0.3 is 15.4 Å². The predicted molar refractivity (Wildman–Crippen MR) is 52.4 cm³/mol. The van der Waals surface area contributed by atoms with Crippen LogP contribution in [0.25, 0.3) is 0 Å². The summed E-state index contributed by atoms with van der Waals surface area (Å²) in [6.45, 7) is -0.0495. The topological polar surface area (TPSA) is 111 Å². The van der Waals surface area contributed by atoms with E-state index in [0.29, 0.717) is 0 Å². The highest BCUT2D eigenvalue weighted by Gasteiger charge is 2.09. The number of rotatable bonds is 4. The van der Waals surface area contributed by atoms with Gasteiger partial charge in [-0.25, -0.2) is 0 Å². The predicted octanol–water partition coefficient (Wildman–Crippen LogP) is -0.924. The average molecular weight is 213 g/mol. The van der Waals surface area contributed by atoms with E-state index in [-0.39, 0.29) is 18.8 Å². The van der Waals surface area contributed by atoms with Crippen LogP contribution in [0.3, 0.4) is 0 Å². The zero-order chi connectivity index (χ0) is 11.4. The first-order chi connectivity index (χ1) is 7.04. The summed E-state index contributed by atoms with van der Waals surface area (Å²) in [6, 6.07) is 2.20. The molecule has 0 fully saturated rings. The van der Waals surface area contributed by atoms with E-state index >= 15 is 0 Å². The Balaban J connectivity index is 3.00. The van der Waals surface area contributed by atoms with Gasteiger partial charge in [0.05, 0.1) is 23.8 Å². The van der Waals surface area contributed by atoms with Crippen LogP contribution in [0.15, 0.2) is 23.1 Å². The van der Waals surface area contributed by atoms with Crippen molar-refractivity contribution in [3.63, 3.8) is 0 Å². The molecule has 1 aromatic heterocycles. The molecule has 7 heteroatoms. The van der Waals surface area contributed by atoms with Gasteiger partial charge in [0.1, 0.15) is 0 Å². The third kappa shape index (κ3) is 2.86. The van der Waals surface area contributed by atoms with Gasteiger partial charge in [0.25, 0.3) is 11.2 Å². The Morgan fingerprint density at radius 3 is 2.80 bits per heavy atom. The minimum atomic E-state index is -0.885. The van der Waals surface area contributed by atoms with Gasteiger partial charge >= 0.3 is 0 Å². The van der Waals surface area contributed by atoms with Gasteiger partial charge in [-0.1, -0.05) is 0 Å². The quantitative estimate of drug-likeness (QED) is 0.496. The van der Waals surface area contributed by atoms with Crippen LogP contribution in [-0.4, -0.2) is 27.2 Å². The van der Waals surface area contributed by atoms with Crippen molar-refractivity contribution in [1.29, 1.82) is 0 Å². The van der Waals surface area contributed by atoms with Gasteiger partial charge in [-0.05, 0) is 0 Å². The van der Waals surface area contributed by atoms with Crippen molar-refractivity contribution >= 4 is 5.69 Å². The molecule has 0 amide bonds. The minimum Gasteiger partial charge on any atom is -0.390 e. The number of hydrogen-bond donors (Lipinski definition) is 2. The highest BCUT2D eigenvalue weighted by molar-refractivity contribution is 5.24. The Kier molecular flexibility index (Phi) is 3.53. The lowest BCUT2D eigenvalue weighted by atomic mass is 10.3. The van der Waals surface area contributed by atoms with Crippen LogP contribution < -0.4 is 11.3 Å². The Hall–Kier alpha value is -1.73. The van der Waals surface area contributed by atoms with Crippen LogP contribution in [-0.2, 0) is 6.54 Å². The summed E-state index contributed by atoms with van der Waals surface area (Å²) in [6.07, 6.45) is 0.200. The minimum absolute atomic E-state index is 0.00483. The Bertz CT molecular complexity index is 415. The van der Waals surface area contributed by atoms with E-state index in [9.17, 15) is 20.0 Å². The van der Waals surface area contributed by atoms with E-state index in [2.05, 4.69) is 0 Å². The van der Waals surface area contributed by atoms with E-state index in [1.165, 1.54) is 0 Å². The second-order valence-electron chi connectivity index (χ2n) is 3.02. The fourth-order valence-electron chi connectivity index (χ4n) is 1.07. The number of hydrogen-bond acceptors (Lipinski definition) is 5. The maximum atomic E-state index is 11.2. The van der Waals surface area contributed by atoms with Crippen molar-refractivity contribution in [2.24, 2.45) is 5.73 Å². The molecule has 1 aromatic rings. The normalized spacial score (nSPS) is 12.4. The molecule has 82 valence electrons. The molecular weight excluding hydrogens is 202 g/mol. The fraction of sp³-hybridized carbons (Fsp3) is 0.375. The molecular formula is C8H11N3O4. The third-order valence-electron chi connectivity index (χ3n) is 1.86. The molecule has 0 aliphatic heterocycles. The van der Waals surface area contributed by atoms with Crippen LogP contribution >= 0.6 is 0 Å². The standard InChI is InChI=1S/C8H11N3O4/c9-3-7(12)5-10-4-6(11(14)15)1-2-8(10)13/h1-2,4,7,12H,3,5,9H2. The zero-order valence-corrected chi connectivity index (χ0v) is 7.87. The van der Waals surface area contributed by atoms with Crippen LogP contribution in [0.5, 0.6) is 0 Å². The summed E-state index contributed by atoms with van der Waals surface area (Å²) in [5.74, 6) is 0. The second kappa shape index (κ2) is 4.67. The zero-order valence-electron chi connectivity index (χ0n) is 7.87. The Morgan fingerprint density at radius 2 is 2.27 bits per heavy atom. The Labute approximate surface area is 84.9 Å². The number of aliphatic hydroxyl groups is 1. The van der Waals surface area contributed by atoms with Crippen LogP contribution in [0.4, 0.5) is 5.69 Å². The molecule has 1 atom stereocenters. The highest BCUT2D eigenvalue weighted by atomic mass is 16.6. The molecule has 15 heavy (non-hydrogen) atoms. The van der Waals surface area contributed by atoms with Gasteiger partial charge in [0.2, 0.25) is 0 Å². The summed E-state index contributed by atoms with van der Waals surface area (Å²) in [5.41, 5.74) is 4.56. The number of nitrogens with zero attached hydrogens (tertiary/aromatic N) is 2. The molecule has 0 aliphatic rings. The van der Waals surface area contributed by atoms with Crippen molar-refractivity contribution in [2.75, 3.05) is 6.54 Å². The first-order valence-electron chi connectivity index (χ1n) is 4.27. The molecule has 0 radical (unpaired) electrons. The number of aliphatic hydroxyl groups excluding tert-OH is 1. The molecule has 0 spiro atoms. The summed E-state index contributed by atoms with van der Waals surface area (Å²) >= 11 is 0. The first kappa shape index (κ1) is 11.3. The maximum Gasteiger partial charge on any atom is 0.285 e. The highest BCUT2D eigenvalue weighted by Crippen LogP contribution is 2.06. The lowest BCUT2D eigenvalue weighted by Gasteiger charge is -2.09. The molecule has 3 N–H and O–H groups in total. The van der Waals surface area contributed by atoms with Crippen molar-refractivity contribution < 1.29 is 10.0 Å². The van der Waals surface area contributed by atoms with Crippen molar-refractivity contribution in [3.05, 3.63) is 38.8 Å². The molecule has 1 heterocycles. The van der Waals surface area contributed by atoms with Gasteiger partial charge in [0, 0.05) is 18.7 Å². The SMILES string of the molecule is NCC(O)Cn1cc([N+](=O)[O-])ccc1=O. The molecule has 0 saturated heterocycles. The Morgan fingerprint density at radius 1 is 1.60 bits per heavy atom. The lowest BCUT2D eigenvalue weighted by molar-refractivity contribution is -0.385. The molecule has 1 rings (SSSR count). The monoisotopic (exact) mass is 213 g/mol. The van der Waals surface area contributed by atoms with E-state index in [1.54, 1.807) is 0 Å². The molecule has 0 bridgehead atoms. The summed E-state index contributed by atoms with van der Waals surface area (Å²) < 4.78 is 1.07. The van der Waals surface area contributed by atoms with Crippen molar-refractivity contribution in [1.82, 2.24) is 4.57 Å². The van der Waals surface area contributed by atoms with Gasteiger partial charge in [-0.2, -0.15) is 0 Å². The van der Waals surface area contributed by atoms with Crippen molar-refractivity contribution in [2.45, 2.75) is 12.6 Å². The maximum absolute atomic E-state index is 11.2. The first-order valence-corrected chi connectivity index (χ1v) is 4.27. The van der Waals surface area contributed by atoms with Gasteiger partial charge in [0.15, 0.2) is 0 Å². The second-order valence-corrected chi connectivity index (χ2v) is 3.02. The van der Waals surface area contributed by atoms with Crippen LogP contribution in [0.1, 0.15) is 0 Å². The summed E-state index contributed by atoms with van der Waals surface area (Å²) in [4.78, 5) is 21.1. The van der Waals surface area contributed by atoms with Gasteiger partial charge in [-0.3, -0.25) is 14.9 Å². The average Bonchev–Trinajstić information content (AvgIpc) is 2.20. The number of nitrogens with two attached hydrogens (primary N) is 1. The molecule has 0 saturated carbocycles. The van der Waals surface area contributed by atoms with E-state index < -0.39 is 16.6 Å². The van der Waals surface area contributed by atoms with Crippen molar-refractivity contribution in [3.8, 4) is 0 Å².